The summed E-state index contributed by atoms with van der Waals surface area (Å²) in [5.41, 5.74) is -1.65. The quantitative estimate of drug-likeness (QED) is 0.387. The second-order valence-electron chi connectivity index (χ2n) is 8.12. The number of rotatable bonds is 8. The summed E-state index contributed by atoms with van der Waals surface area (Å²) < 4.78 is 22.1. The van der Waals surface area contributed by atoms with E-state index >= 15 is 0 Å². The number of unbranched alkanes of at least 4 members (excludes halogenated alkanes) is 1. The van der Waals surface area contributed by atoms with E-state index in [9.17, 15) is 19.8 Å². The Morgan fingerprint density at radius 3 is 2.59 bits per heavy atom. The number of carbonyl (C=O) groups is 2. The predicted molar refractivity (Wildman–Crippen MR) is 93.7 cm³/mol. The van der Waals surface area contributed by atoms with Crippen molar-refractivity contribution in [1.29, 1.82) is 0 Å². The topological polar surface area (TPSA) is 124 Å². The molecule has 0 aliphatic carbocycles. The van der Waals surface area contributed by atoms with Crippen LogP contribution in [-0.2, 0) is 28.5 Å². The number of aliphatic hydroxyl groups is 2. The molecule has 2 aliphatic rings. The van der Waals surface area contributed by atoms with Crippen molar-refractivity contribution >= 4 is 11.9 Å². The molecule has 0 spiro atoms. The lowest BCUT2D eigenvalue weighted by Crippen LogP contribution is -2.66. The minimum absolute atomic E-state index is 0.0426. The van der Waals surface area contributed by atoms with Crippen molar-refractivity contribution in [3.05, 3.63) is 0 Å². The van der Waals surface area contributed by atoms with E-state index < -0.39 is 35.7 Å². The Morgan fingerprint density at radius 1 is 1.26 bits per heavy atom. The number of amides is 1. The van der Waals surface area contributed by atoms with Crippen LogP contribution in [0.4, 0.5) is 0 Å². The van der Waals surface area contributed by atoms with Crippen LogP contribution in [0.5, 0.6) is 0 Å². The van der Waals surface area contributed by atoms with Crippen LogP contribution >= 0.6 is 0 Å². The Hall–Kier alpha value is -1.26. The lowest BCUT2D eigenvalue weighted by atomic mass is 9.88. The minimum Gasteiger partial charge on any atom is -0.460 e. The molecule has 2 fully saturated rings. The number of ether oxygens (including phenoxy) is 4. The molecule has 0 aromatic heterocycles. The van der Waals surface area contributed by atoms with Gasteiger partial charge in [-0.15, -0.1) is 0 Å². The zero-order valence-corrected chi connectivity index (χ0v) is 16.4. The molecular weight excluding hydrogens is 358 g/mol. The molecule has 3 N–H and O–H groups in total. The van der Waals surface area contributed by atoms with E-state index in [0.717, 1.165) is 0 Å². The van der Waals surface area contributed by atoms with E-state index in [2.05, 4.69) is 5.32 Å². The highest BCUT2D eigenvalue weighted by Gasteiger charge is 2.59. The number of aliphatic hydroxyl groups excluding tert-OH is 2. The van der Waals surface area contributed by atoms with Gasteiger partial charge in [0.1, 0.15) is 29.5 Å². The third-order valence-electron chi connectivity index (χ3n) is 4.42. The van der Waals surface area contributed by atoms with Crippen molar-refractivity contribution in [2.45, 2.75) is 82.7 Å². The van der Waals surface area contributed by atoms with Crippen molar-refractivity contribution < 1.29 is 38.7 Å². The first-order valence-corrected chi connectivity index (χ1v) is 9.26. The van der Waals surface area contributed by atoms with E-state index in [1.807, 2.05) is 20.8 Å². The molecule has 9 nitrogen and oxygen atoms in total. The van der Waals surface area contributed by atoms with Gasteiger partial charge in [0, 0.05) is 20.0 Å². The normalized spacial score (nSPS) is 33.0. The zero-order valence-electron chi connectivity index (χ0n) is 16.4. The average Bonchev–Trinajstić information content (AvgIpc) is 2.94. The van der Waals surface area contributed by atoms with Gasteiger partial charge in [0.05, 0.1) is 13.2 Å². The molecule has 5 atom stereocenters. The molecule has 2 bridgehead atoms. The van der Waals surface area contributed by atoms with Gasteiger partial charge in [-0.25, -0.2) is 0 Å². The molecular formula is C18H31NO8. The summed E-state index contributed by atoms with van der Waals surface area (Å²) in [5, 5.41) is 23.3. The van der Waals surface area contributed by atoms with Gasteiger partial charge in [-0.1, -0.05) is 0 Å². The number of fused-ring (bicyclic) bond motifs is 2. The number of nitrogens with one attached hydrogen (secondary N) is 1. The van der Waals surface area contributed by atoms with Crippen LogP contribution in [0.3, 0.4) is 0 Å². The van der Waals surface area contributed by atoms with Crippen molar-refractivity contribution in [1.82, 2.24) is 5.32 Å². The second-order valence-corrected chi connectivity index (χ2v) is 8.12. The number of esters is 1. The van der Waals surface area contributed by atoms with Gasteiger partial charge in [-0.2, -0.15) is 0 Å². The van der Waals surface area contributed by atoms with E-state index in [0.29, 0.717) is 25.9 Å². The highest BCUT2D eigenvalue weighted by atomic mass is 16.7. The standard InChI is InChI=1S/C18H31NO8/c1-11(20)19-13-14(22)15(23)18(10-25-16(13)27-18)9-24-8-6-5-7-12(21)26-17(2,3)4/h13-16,22-23H,5-10H2,1-4H3,(H,19,20)/t13-,14-,15-,16+,18+/m1/s1. The monoisotopic (exact) mass is 389 g/mol. The molecule has 2 rings (SSSR count). The van der Waals surface area contributed by atoms with E-state index in [1.54, 1.807) is 0 Å². The molecule has 0 unspecified atom stereocenters. The lowest BCUT2D eigenvalue weighted by molar-refractivity contribution is -0.237. The van der Waals surface area contributed by atoms with Crippen molar-refractivity contribution in [3.8, 4) is 0 Å². The van der Waals surface area contributed by atoms with Crippen molar-refractivity contribution in [3.63, 3.8) is 0 Å². The molecule has 27 heavy (non-hydrogen) atoms. The van der Waals surface area contributed by atoms with Gasteiger partial charge < -0.3 is 34.5 Å². The summed E-state index contributed by atoms with van der Waals surface area (Å²) in [5.74, 6) is -0.592. The summed E-state index contributed by atoms with van der Waals surface area (Å²) in [6, 6.07) is -0.832. The van der Waals surface area contributed by atoms with Gasteiger partial charge in [0.2, 0.25) is 5.91 Å². The van der Waals surface area contributed by atoms with Crippen LogP contribution < -0.4 is 5.32 Å². The molecule has 156 valence electrons. The van der Waals surface area contributed by atoms with Crippen LogP contribution in [0.25, 0.3) is 0 Å². The van der Waals surface area contributed by atoms with Crippen LogP contribution in [0.1, 0.15) is 47.0 Å². The first-order valence-electron chi connectivity index (χ1n) is 9.26. The van der Waals surface area contributed by atoms with Gasteiger partial charge in [0.25, 0.3) is 0 Å². The fraction of sp³-hybridized carbons (Fsp3) is 0.889. The summed E-state index contributed by atoms with van der Waals surface area (Å²) in [6.07, 6.45) is -1.72. The second kappa shape index (κ2) is 8.83. The molecule has 2 heterocycles. The molecule has 0 radical (unpaired) electrons. The van der Waals surface area contributed by atoms with Gasteiger partial charge in [-0.3, -0.25) is 9.59 Å². The van der Waals surface area contributed by atoms with Crippen LogP contribution in [0.2, 0.25) is 0 Å². The number of hydrogen-bond donors (Lipinski definition) is 3. The summed E-state index contributed by atoms with van der Waals surface area (Å²) in [7, 11) is 0. The summed E-state index contributed by atoms with van der Waals surface area (Å²) in [6.45, 7) is 7.26. The molecule has 2 saturated heterocycles. The van der Waals surface area contributed by atoms with E-state index in [4.69, 9.17) is 18.9 Å². The Morgan fingerprint density at radius 2 is 1.96 bits per heavy atom. The average molecular weight is 389 g/mol. The molecule has 0 aromatic rings. The maximum Gasteiger partial charge on any atom is 0.306 e. The molecule has 0 aromatic carbocycles. The highest BCUT2D eigenvalue weighted by molar-refractivity contribution is 5.73. The minimum atomic E-state index is -1.25. The zero-order chi connectivity index (χ0) is 20.2. The third kappa shape index (κ3) is 5.86. The van der Waals surface area contributed by atoms with Crippen molar-refractivity contribution in [2.75, 3.05) is 19.8 Å². The molecule has 2 aliphatic heterocycles. The summed E-state index contributed by atoms with van der Waals surface area (Å²) >= 11 is 0. The molecule has 1 amide bonds. The third-order valence-corrected chi connectivity index (χ3v) is 4.42. The summed E-state index contributed by atoms with van der Waals surface area (Å²) in [4.78, 5) is 22.9. The van der Waals surface area contributed by atoms with Crippen LogP contribution in [0.15, 0.2) is 0 Å². The van der Waals surface area contributed by atoms with Gasteiger partial charge in [0.15, 0.2) is 6.29 Å². The molecule has 0 saturated carbocycles. The number of carbonyl (C=O) groups excluding carboxylic acids is 2. The first-order chi connectivity index (χ1) is 12.5. The fourth-order valence-electron chi connectivity index (χ4n) is 3.18. The van der Waals surface area contributed by atoms with E-state index in [1.165, 1.54) is 6.92 Å². The smallest absolute Gasteiger partial charge is 0.306 e. The van der Waals surface area contributed by atoms with Gasteiger partial charge in [-0.05, 0) is 33.6 Å². The maximum atomic E-state index is 11.6. The Balaban J connectivity index is 1.72. The Bertz CT molecular complexity index is 534. The fourth-order valence-corrected chi connectivity index (χ4v) is 3.18. The SMILES string of the molecule is CC(=O)N[C@H]1[C@H]2OC[C@](COCCCCC(=O)OC(C)(C)C)(O2)[C@H](O)[C@@H]1O. The van der Waals surface area contributed by atoms with Gasteiger partial charge >= 0.3 is 5.97 Å². The van der Waals surface area contributed by atoms with Crippen LogP contribution in [-0.4, -0.2) is 77.7 Å². The first kappa shape index (κ1) is 22.0. The van der Waals surface area contributed by atoms with Crippen LogP contribution in [0, 0.1) is 0 Å². The largest absolute Gasteiger partial charge is 0.460 e. The lowest BCUT2D eigenvalue weighted by Gasteiger charge is -2.42. The maximum absolute atomic E-state index is 11.6. The number of hydrogen-bond acceptors (Lipinski definition) is 8. The van der Waals surface area contributed by atoms with Crippen molar-refractivity contribution in [2.24, 2.45) is 0 Å². The Kier molecular flexibility index (Phi) is 7.20. The Labute approximate surface area is 159 Å². The highest BCUT2D eigenvalue weighted by Crippen LogP contribution is 2.37. The predicted octanol–water partition coefficient (Wildman–Crippen LogP) is -0.133. The molecule has 9 heteroatoms. The van der Waals surface area contributed by atoms with E-state index in [-0.39, 0.29) is 25.1 Å².